The minimum Gasteiger partial charge on any atom is -0.378 e. The molecule has 3 rings (SSSR count). The predicted molar refractivity (Wildman–Crippen MR) is 94.1 cm³/mol. The molecule has 1 aromatic heterocycles. The molecule has 0 saturated carbocycles. The summed E-state index contributed by atoms with van der Waals surface area (Å²) in [5, 5.41) is 0.684. The zero-order valence-corrected chi connectivity index (χ0v) is 15.5. The highest BCUT2D eigenvalue weighted by molar-refractivity contribution is 7.89. The fourth-order valence-corrected chi connectivity index (χ4v) is 4.23. The second kappa shape index (κ2) is 7.66. The van der Waals surface area contributed by atoms with Gasteiger partial charge in [0, 0.05) is 13.1 Å². The van der Waals surface area contributed by atoms with Gasteiger partial charge in [0.2, 0.25) is 0 Å². The zero-order chi connectivity index (χ0) is 18.7. The summed E-state index contributed by atoms with van der Waals surface area (Å²) in [6.07, 6.45) is 0. The fraction of sp³-hybridized carbons (Fsp3) is 0.333. The first-order chi connectivity index (χ1) is 12.4. The molecule has 2 N–H and O–H groups in total. The quantitative estimate of drug-likeness (QED) is 0.728. The molecule has 8 nitrogen and oxygen atoms in total. The average Bonchev–Trinajstić information content (AvgIpc) is 3.02. The average molecular weight is 400 g/mol. The molecule has 2 aromatic rings. The lowest BCUT2D eigenvalue weighted by atomic mass is 10.4. The number of sulfonamides is 1. The molecule has 140 valence electrons. The van der Waals surface area contributed by atoms with E-state index in [1.54, 1.807) is 6.92 Å². The van der Waals surface area contributed by atoms with Gasteiger partial charge in [-0.25, -0.2) is 17.8 Å². The number of hydrogen-bond acceptors (Lipinski definition) is 7. The van der Waals surface area contributed by atoms with Gasteiger partial charge in [-0.3, -0.25) is 10.2 Å². The maximum absolute atomic E-state index is 13.2. The summed E-state index contributed by atoms with van der Waals surface area (Å²) in [4.78, 5) is 20.7. The lowest BCUT2D eigenvalue weighted by Gasteiger charge is -2.25. The van der Waals surface area contributed by atoms with Crippen molar-refractivity contribution < 1.29 is 22.3 Å². The summed E-state index contributed by atoms with van der Waals surface area (Å²) in [6, 6.07) is 4.49. The van der Waals surface area contributed by atoms with Gasteiger partial charge in [-0.05, 0) is 25.1 Å². The van der Waals surface area contributed by atoms with Gasteiger partial charge in [-0.15, -0.1) is 4.83 Å². The number of halogens is 1. The standard InChI is InChI=1S/C15H17FN4O4S2/c1-10-13(25-15(17-10)20-5-7-24-8-6-20)14(21)18-19-26(22,23)12-4-2-3-11(16)9-12/h2-4,9,19H,5-8H2,1H3,(H,18,21). The van der Waals surface area contributed by atoms with Gasteiger partial charge in [-0.2, -0.15) is 0 Å². The Balaban J connectivity index is 1.69. The molecule has 1 aliphatic rings. The molecule has 0 unspecified atom stereocenters. The van der Waals surface area contributed by atoms with Crippen LogP contribution >= 0.6 is 11.3 Å². The van der Waals surface area contributed by atoms with E-state index in [0.29, 0.717) is 42.0 Å². The molecule has 0 spiro atoms. The van der Waals surface area contributed by atoms with Crippen LogP contribution in [-0.4, -0.2) is 45.6 Å². The van der Waals surface area contributed by atoms with Crippen molar-refractivity contribution in [2.75, 3.05) is 31.2 Å². The Morgan fingerprint density at radius 1 is 1.35 bits per heavy atom. The maximum Gasteiger partial charge on any atom is 0.278 e. The first kappa shape index (κ1) is 18.7. The number of thiazole rings is 1. The molecular formula is C15H17FN4O4S2. The number of nitrogens with zero attached hydrogens (tertiary/aromatic N) is 2. The van der Waals surface area contributed by atoms with Crippen molar-refractivity contribution in [1.29, 1.82) is 0 Å². The van der Waals surface area contributed by atoms with Crippen LogP contribution in [0.25, 0.3) is 0 Å². The van der Waals surface area contributed by atoms with E-state index in [1.807, 2.05) is 9.73 Å². The molecular weight excluding hydrogens is 383 g/mol. The van der Waals surface area contributed by atoms with Crippen LogP contribution in [0.3, 0.4) is 0 Å². The van der Waals surface area contributed by atoms with Gasteiger partial charge in [-0.1, -0.05) is 17.4 Å². The summed E-state index contributed by atoms with van der Waals surface area (Å²) in [6.45, 7) is 4.22. The first-order valence-electron chi connectivity index (χ1n) is 7.74. The van der Waals surface area contributed by atoms with Crippen molar-refractivity contribution in [2.24, 2.45) is 0 Å². The highest BCUT2D eigenvalue weighted by Gasteiger charge is 2.22. The minimum absolute atomic E-state index is 0.284. The zero-order valence-electron chi connectivity index (χ0n) is 13.9. The number of amides is 1. The number of anilines is 1. The number of ether oxygens (including phenoxy) is 1. The van der Waals surface area contributed by atoms with E-state index in [-0.39, 0.29) is 4.90 Å². The minimum atomic E-state index is -4.08. The Labute approximate surface area is 154 Å². The number of hydrogen-bond donors (Lipinski definition) is 2. The number of aryl methyl sites for hydroxylation is 1. The number of aromatic nitrogens is 1. The maximum atomic E-state index is 13.2. The lowest BCUT2D eigenvalue weighted by Crippen LogP contribution is -2.41. The number of carbonyl (C=O) groups is 1. The SMILES string of the molecule is Cc1nc(N2CCOCC2)sc1C(=O)NNS(=O)(=O)c1cccc(F)c1. The molecule has 1 aromatic carbocycles. The lowest BCUT2D eigenvalue weighted by molar-refractivity contribution is 0.0948. The van der Waals surface area contributed by atoms with E-state index in [1.165, 1.54) is 23.5 Å². The highest BCUT2D eigenvalue weighted by Crippen LogP contribution is 2.26. The predicted octanol–water partition coefficient (Wildman–Crippen LogP) is 1.05. The van der Waals surface area contributed by atoms with Gasteiger partial charge in [0.25, 0.3) is 15.9 Å². The second-order valence-corrected chi connectivity index (χ2v) is 8.19. The van der Waals surface area contributed by atoms with Crippen LogP contribution in [0.1, 0.15) is 15.4 Å². The number of hydrazine groups is 1. The molecule has 1 aliphatic heterocycles. The topological polar surface area (TPSA) is 101 Å². The van der Waals surface area contributed by atoms with Crippen LogP contribution in [0.4, 0.5) is 9.52 Å². The molecule has 0 bridgehead atoms. The normalized spacial score (nSPS) is 15.1. The Bertz CT molecular complexity index is 910. The molecule has 26 heavy (non-hydrogen) atoms. The van der Waals surface area contributed by atoms with Gasteiger partial charge < -0.3 is 9.64 Å². The van der Waals surface area contributed by atoms with Crippen molar-refractivity contribution in [3.05, 3.63) is 40.7 Å². The fourth-order valence-electron chi connectivity index (χ4n) is 2.35. The summed E-state index contributed by atoms with van der Waals surface area (Å²) < 4.78 is 42.7. The monoisotopic (exact) mass is 400 g/mol. The first-order valence-corrected chi connectivity index (χ1v) is 10.0. The number of nitrogens with one attached hydrogen (secondary N) is 2. The highest BCUT2D eigenvalue weighted by atomic mass is 32.2. The van der Waals surface area contributed by atoms with Gasteiger partial charge in [0.1, 0.15) is 10.7 Å². The summed E-state index contributed by atoms with van der Waals surface area (Å²) >= 11 is 1.18. The van der Waals surface area contributed by atoms with E-state index in [2.05, 4.69) is 10.4 Å². The molecule has 11 heteroatoms. The Kier molecular flexibility index (Phi) is 5.51. The van der Waals surface area contributed by atoms with Gasteiger partial charge in [0.05, 0.1) is 23.8 Å². The van der Waals surface area contributed by atoms with Crippen LogP contribution < -0.4 is 15.2 Å². The van der Waals surface area contributed by atoms with E-state index in [9.17, 15) is 17.6 Å². The third kappa shape index (κ3) is 4.18. The van der Waals surface area contributed by atoms with Crippen molar-refractivity contribution in [2.45, 2.75) is 11.8 Å². The van der Waals surface area contributed by atoms with Gasteiger partial charge in [0.15, 0.2) is 5.13 Å². The third-order valence-electron chi connectivity index (χ3n) is 3.68. The van der Waals surface area contributed by atoms with Crippen LogP contribution in [0.5, 0.6) is 0 Å². The second-order valence-electron chi connectivity index (χ2n) is 5.53. The number of rotatable bonds is 5. The summed E-state index contributed by atoms with van der Waals surface area (Å²) in [5.41, 5.74) is 2.64. The van der Waals surface area contributed by atoms with E-state index >= 15 is 0 Å². The van der Waals surface area contributed by atoms with Gasteiger partial charge >= 0.3 is 0 Å². The van der Waals surface area contributed by atoms with Crippen molar-refractivity contribution in [3.63, 3.8) is 0 Å². The summed E-state index contributed by atoms with van der Waals surface area (Å²) in [7, 11) is -4.08. The molecule has 2 heterocycles. The smallest absolute Gasteiger partial charge is 0.278 e. The van der Waals surface area contributed by atoms with Crippen molar-refractivity contribution in [1.82, 2.24) is 15.2 Å². The van der Waals surface area contributed by atoms with Crippen molar-refractivity contribution >= 4 is 32.4 Å². The molecule has 1 saturated heterocycles. The molecule has 0 atom stereocenters. The molecule has 0 aliphatic carbocycles. The number of benzene rings is 1. The molecule has 1 fully saturated rings. The Morgan fingerprint density at radius 2 is 2.08 bits per heavy atom. The van der Waals surface area contributed by atoms with E-state index in [0.717, 1.165) is 12.1 Å². The third-order valence-corrected chi connectivity index (χ3v) is 6.14. The van der Waals surface area contributed by atoms with Crippen LogP contribution in [-0.2, 0) is 14.8 Å². The largest absolute Gasteiger partial charge is 0.378 e. The number of morpholine rings is 1. The molecule has 0 radical (unpaired) electrons. The Hall–Kier alpha value is -2.08. The Morgan fingerprint density at radius 3 is 2.77 bits per heavy atom. The van der Waals surface area contributed by atoms with Crippen LogP contribution in [0.15, 0.2) is 29.2 Å². The van der Waals surface area contributed by atoms with Crippen molar-refractivity contribution in [3.8, 4) is 0 Å². The van der Waals surface area contributed by atoms with Crippen LogP contribution in [0.2, 0.25) is 0 Å². The van der Waals surface area contributed by atoms with E-state index < -0.39 is 21.7 Å². The molecule has 1 amide bonds. The number of carbonyl (C=O) groups excluding carboxylic acids is 1. The van der Waals surface area contributed by atoms with Crippen LogP contribution in [0, 0.1) is 12.7 Å². The van der Waals surface area contributed by atoms with E-state index in [4.69, 9.17) is 4.74 Å². The summed E-state index contributed by atoms with van der Waals surface area (Å²) in [5.74, 6) is -1.31.